The van der Waals surface area contributed by atoms with E-state index in [4.69, 9.17) is 9.47 Å². The van der Waals surface area contributed by atoms with Gasteiger partial charge in [0.05, 0.1) is 14.1 Å². The predicted octanol–water partition coefficient (Wildman–Crippen LogP) is 2.78. The molecule has 32 heavy (non-hydrogen) atoms. The third kappa shape index (κ3) is 3.06. The summed E-state index contributed by atoms with van der Waals surface area (Å²) in [5.41, 5.74) is -4.30. The molecule has 0 amide bonds. The Hall–Kier alpha value is -2.49. The Labute approximate surface area is 181 Å². The molecule has 3 heterocycles. The van der Waals surface area contributed by atoms with E-state index in [-0.39, 0.29) is 24.3 Å². The van der Waals surface area contributed by atoms with Gasteiger partial charge in [-0.2, -0.15) is 0 Å². The highest BCUT2D eigenvalue weighted by atomic mass is 19.1. The number of fused-ring (bicyclic) bond motifs is 5. The first-order chi connectivity index (χ1) is 15.0. The number of carbonyl (C=O) groups is 1. The number of likely N-dealkylation sites (N-methyl/N-ethyl adjacent to an activating group) is 1. The van der Waals surface area contributed by atoms with Crippen molar-refractivity contribution in [2.24, 2.45) is 0 Å². The molecule has 2 aromatic carbocycles. The molecule has 3 aliphatic rings. The number of piperidine rings is 1. The fraction of sp³-hybridized carbons (Fsp3) is 0.435. The van der Waals surface area contributed by atoms with E-state index in [1.54, 1.807) is 0 Å². The number of ether oxygens (including phenoxy) is 2. The molecule has 5 atom stereocenters. The number of hydrogen-bond donors (Lipinski definition) is 1. The highest BCUT2D eigenvalue weighted by Gasteiger charge is 2.71. The molecule has 0 radical (unpaired) electrons. The molecule has 0 spiro atoms. The van der Waals surface area contributed by atoms with Crippen LogP contribution in [0.15, 0.2) is 36.4 Å². The van der Waals surface area contributed by atoms with Crippen LogP contribution in [0.5, 0.6) is 0 Å². The Balaban J connectivity index is 1.50. The van der Waals surface area contributed by atoms with Crippen molar-refractivity contribution >= 4 is 5.97 Å². The summed E-state index contributed by atoms with van der Waals surface area (Å²) in [5, 5.41) is 11.4. The molecule has 170 valence electrons. The monoisotopic (exact) mass is 452 g/mol. The van der Waals surface area contributed by atoms with Gasteiger partial charge in [0.25, 0.3) is 0 Å². The van der Waals surface area contributed by atoms with E-state index in [1.165, 1.54) is 0 Å². The Morgan fingerprint density at radius 1 is 0.969 bits per heavy atom. The van der Waals surface area contributed by atoms with Gasteiger partial charge in [0.2, 0.25) is 5.60 Å². The van der Waals surface area contributed by atoms with Crippen LogP contribution in [0, 0.1) is 23.3 Å². The molecule has 3 saturated heterocycles. The van der Waals surface area contributed by atoms with Crippen molar-refractivity contribution in [3.05, 3.63) is 70.8 Å². The van der Waals surface area contributed by atoms with Gasteiger partial charge in [0.15, 0.2) is 0 Å². The second-order valence-electron chi connectivity index (χ2n) is 9.29. The lowest BCUT2D eigenvalue weighted by Gasteiger charge is -2.45. The second-order valence-corrected chi connectivity index (χ2v) is 9.29. The van der Waals surface area contributed by atoms with Crippen molar-refractivity contribution in [1.29, 1.82) is 0 Å². The van der Waals surface area contributed by atoms with Gasteiger partial charge in [-0.3, -0.25) is 0 Å². The number of aliphatic hydroxyl groups is 1. The van der Waals surface area contributed by atoms with Crippen molar-refractivity contribution in [3.8, 4) is 0 Å². The summed E-state index contributed by atoms with van der Waals surface area (Å²) in [4.78, 5) is 13.3. The Morgan fingerprint density at radius 3 is 1.88 bits per heavy atom. The van der Waals surface area contributed by atoms with Crippen molar-refractivity contribution in [2.45, 2.75) is 48.8 Å². The molecule has 0 aromatic heterocycles. The van der Waals surface area contributed by atoms with Gasteiger partial charge in [-0.15, -0.1) is 0 Å². The molecule has 0 aliphatic carbocycles. The number of epoxide rings is 1. The number of esters is 1. The maximum Gasteiger partial charge on any atom is 0.348 e. The number of morpholine rings is 1. The predicted molar refractivity (Wildman–Crippen MR) is 103 cm³/mol. The van der Waals surface area contributed by atoms with Gasteiger partial charge >= 0.3 is 5.97 Å². The Bertz CT molecular complexity index is 1040. The molecular formula is C23H22F4NO4+. The van der Waals surface area contributed by atoms with Gasteiger partial charge in [-0.05, 0) is 24.3 Å². The molecule has 9 heteroatoms. The van der Waals surface area contributed by atoms with E-state index >= 15 is 0 Å². The van der Waals surface area contributed by atoms with E-state index in [0.29, 0.717) is 25.0 Å². The van der Waals surface area contributed by atoms with Crippen molar-refractivity contribution in [3.63, 3.8) is 0 Å². The number of benzene rings is 2. The first kappa shape index (κ1) is 21.4. The van der Waals surface area contributed by atoms with E-state index < -0.39 is 52.1 Å². The minimum atomic E-state index is -2.93. The van der Waals surface area contributed by atoms with Gasteiger partial charge in [-0.1, -0.05) is 0 Å². The molecule has 5 nitrogen and oxygen atoms in total. The quantitative estimate of drug-likeness (QED) is 0.336. The third-order valence-corrected chi connectivity index (χ3v) is 7.25. The normalized spacial score (nSPS) is 30.0. The van der Waals surface area contributed by atoms with Crippen LogP contribution in [0.3, 0.4) is 0 Å². The molecule has 3 aliphatic heterocycles. The summed E-state index contributed by atoms with van der Waals surface area (Å²) in [5.74, 6) is -5.71. The molecule has 5 rings (SSSR count). The highest BCUT2D eigenvalue weighted by Crippen LogP contribution is 2.52. The average Bonchev–Trinajstić information content (AvgIpc) is 3.46. The van der Waals surface area contributed by atoms with Crippen LogP contribution in [0.2, 0.25) is 0 Å². The van der Waals surface area contributed by atoms with E-state index in [2.05, 4.69) is 14.1 Å². The lowest BCUT2D eigenvalue weighted by Crippen LogP contribution is -2.60. The Kier molecular flexibility index (Phi) is 4.67. The number of carbonyl (C=O) groups excluding carboxylic acids is 1. The summed E-state index contributed by atoms with van der Waals surface area (Å²) < 4.78 is 68.3. The van der Waals surface area contributed by atoms with Crippen molar-refractivity contribution in [2.75, 3.05) is 14.1 Å². The van der Waals surface area contributed by atoms with Gasteiger partial charge in [0.1, 0.15) is 53.7 Å². The topological polar surface area (TPSA) is 59.1 Å². The summed E-state index contributed by atoms with van der Waals surface area (Å²) >= 11 is 0. The zero-order chi connectivity index (χ0) is 23.0. The fourth-order valence-electron chi connectivity index (χ4n) is 5.47. The number of rotatable bonds is 4. The first-order valence-electron chi connectivity index (χ1n) is 10.4. The SMILES string of the molecule is C[N+]1(C)C2CC(OC(=O)C(O)(c3ccc(F)cc3F)c3ccc(F)cc3F)C[C@H]1[C@H]1OC21. The third-order valence-electron chi connectivity index (χ3n) is 7.25. The Morgan fingerprint density at radius 2 is 1.44 bits per heavy atom. The summed E-state index contributed by atoms with van der Waals surface area (Å²) in [6.45, 7) is 0. The highest BCUT2D eigenvalue weighted by molar-refractivity contribution is 5.85. The molecule has 1 N–H and O–H groups in total. The zero-order valence-electron chi connectivity index (χ0n) is 17.4. The summed E-state index contributed by atoms with van der Waals surface area (Å²) in [6, 6.07) is 4.50. The molecule has 2 aromatic rings. The number of nitrogens with zero attached hydrogens (tertiary/aromatic N) is 1. The average molecular weight is 452 g/mol. The van der Waals surface area contributed by atoms with E-state index in [9.17, 15) is 27.5 Å². The second kappa shape index (κ2) is 7.00. The van der Waals surface area contributed by atoms with Gasteiger partial charge in [0, 0.05) is 36.1 Å². The van der Waals surface area contributed by atoms with Crippen molar-refractivity contribution in [1.82, 2.24) is 0 Å². The van der Waals surface area contributed by atoms with Crippen LogP contribution < -0.4 is 0 Å². The maximum absolute atomic E-state index is 14.7. The van der Waals surface area contributed by atoms with Crippen LogP contribution >= 0.6 is 0 Å². The molecular weight excluding hydrogens is 430 g/mol. The molecule has 3 unspecified atom stereocenters. The number of halogens is 4. The number of quaternary nitrogens is 1. The largest absolute Gasteiger partial charge is 0.459 e. The smallest absolute Gasteiger partial charge is 0.348 e. The fourth-order valence-corrected chi connectivity index (χ4v) is 5.47. The first-order valence-corrected chi connectivity index (χ1v) is 10.4. The maximum atomic E-state index is 14.7. The summed E-state index contributed by atoms with van der Waals surface area (Å²) in [6.07, 6.45) is 0.496. The van der Waals surface area contributed by atoms with Crippen LogP contribution in [-0.4, -0.2) is 60.0 Å². The summed E-state index contributed by atoms with van der Waals surface area (Å²) in [7, 11) is 4.17. The van der Waals surface area contributed by atoms with Crippen LogP contribution in [0.25, 0.3) is 0 Å². The van der Waals surface area contributed by atoms with Crippen LogP contribution in [0.1, 0.15) is 24.0 Å². The van der Waals surface area contributed by atoms with Crippen molar-refractivity contribution < 1.29 is 41.4 Å². The number of hydrogen-bond acceptors (Lipinski definition) is 4. The lowest BCUT2D eigenvalue weighted by atomic mass is 9.85. The van der Waals surface area contributed by atoms with Crippen LogP contribution in [-0.2, 0) is 19.9 Å². The lowest BCUT2D eigenvalue weighted by molar-refractivity contribution is -0.938. The zero-order valence-corrected chi connectivity index (χ0v) is 17.4. The van der Waals surface area contributed by atoms with E-state index in [0.717, 1.165) is 28.7 Å². The minimum Gasteiger partial charge on any atom is -0.459 e. The molecule has 0 saturated carbocycles. The molecule has 2 bridgehead atoms. The standard InChI is InChI=1S/C23H22F4NO4/c1-28(2)18-9-13(10-19(28)21-20(18)32-21)31-22(29)23(30,14-5-3-11(24)7-16(14)26)15-6-4-12(25)8-17(15)27/h3-8,13,18-21,30H,9-10H2,1-2H3/q+1/t13?,18-,19?,20+,21?/m0/s1. The van der Waals surface area contributed by atoms with Crippen LogP contribution in [0.4, 0.5) is 17.6 Å². The minimum absolute atomic E-state index is 0.0849. The van der Waals surface area contributed by atoms with Gasteiger partial charge in [-0.25, -0.2) is 22.4 Å². The van der Waals surface area contributed by atoms with E-state index in [1.807, 2.05) is 0 Å². The van der Waals surface area contributed by atoms with Gasteiger partial charge < -0.3 is 19.1 Å². The molecule has 3 fully saturated rings.